The molecule has 0 aliphatic carbocycles. The summed E-state index contributed by atoms with van der Waals surface area (Å²) in [5.74, 6) is -2.14. The summed E-state index contributed by atoms with van der Waals surface area (Å²) in [6.45, 7) is 5.28. The van der Waals surface area contributed by atoms with Gasteiger partial charge in [0.05, 0.1) is 5.69 Å². The highest BCUT2D eigenvalue weighted by atomic mass is 32.2. The molecule has 1 saturated heterocycles. The number of nitrogens with zero attached hydrogens (tertiary/aromatic N) is 3. The average molecular weight is 464 g/mol. The summed E-state index contributed by atoms with van der Waals surface area (Å²) in [4.78, 5) is 5.88. The third-order valence-corrected chi connectivity index (χ3v) is 8.47. The minimum atomic E-state index is -4.23. The molecule has 2 heterocycles. The average Bonchev–Trinajstić information content (AvgIpc) is 3.19. The van der Waals surface area contributed by atoms with Gasteiger partial charge in [0.25, 0.3) is 0 Å². The van der Waals surface area contributed by atoms with Gasteiger partial charge in [0, 0.05) is 38.0 Å². The standard InChI is InChI=1S/C22H23F2N3O2S2/c1-15-5-3-6-16(2)18(15)13-17-14-30-22(25-17)26-9-11-27(12-10-26)31(28,29)21-19(23)7-4-8-20(21)24/h3-8,14H,9-13H2,1-2H3. The molecule has 0 unspecified atom stereocenters. The highest BCUT2D eigenvalue weighted by molar-refractivity contribution is 7.89. The second-order valence-corrected chi connectivity index (χ2v) is 10.3. The Morgan fingerprint density at radius 3 is 2.16 bits per heavy atom. The molecule has 4 rings (SSSR count). The summed E-state index contributed by atoms with van der Waals surface area (Å²) < 4.78 is 54.7. The van der Waals surface area contributed by atoms with Crippen LogP contribution < -0.4 is 4.90 Å². The van der Waals surface area contributed by atoms with Crippen LogP contribution in [0, 0.1) is 25.5 Å². The number of hydrogen-bond donors (Lipinski definition) is 0. The van der Waals surface area contributed by atoms with Crippen molar-refractivity contribution >= 4 is 26.5 Å². The number of aryl methyl sites for hydroxylation is 2. The minimum Gasteiger partial charge on any atom is -0.345 e. The van der Waals surface area contributed by atoms with E-state index in [2.05, 4.69) is 26.0 Å². The summed E-state index contributed by atoms with van der Waals surface area (Å²) in [5.41, 5.74) is 4.70. The van der Waals surface area contributed by atoms with E-state index in [0.29, 0.717) is 13.1 Å². The molecular weight excluding hydrogens is 440 g/mol. The number of hydrogen-bond acceptors (Lipinski definition) is 5. The van der Waals surface area contributed by atoms with Crippen LogP contribution in [0.25, 0.3) is 0 Å². The van der Waals surface area contributed by atoms with Gasteiger partial charge in [0.15, 0.2) is 10.0 Å². The molecule has 0 radical (unpaired) electrons. The third kappa shape index (κ3) is 4.35. The van der Waals surface area contributed by atoms with Crippen molar-refractivity contribution in [2.45, 2.75) is 25.2 Å². The molecule has 31 heavy (non-hydrogen) atoms. The van der Waals surface area contributed by atoms with Crippen LogP contribution >= 0.6 is 11.3 Å². The van der Waals surface area contributed by atoms with Crippen molar-refractivity contribution in [1.29, 1.82) is 0 Å². The molecule has 0 saturated carbocycles. The predicted molar refractivity (Wildman–Crippen MR) is 118 cm³/mol. The Morgan fingerprint density at radius 2 is 1.55 bits per heavy atom. The Morgan fingerprint density at radius 1 is 0.968 bits per heavy atom. The summed E-state index contributed by atoms with van der Waals surface area (Å²) >= 11 is 1.52. The van der Waals surface area contributed by atoms with Crippen LogP contribution in [0.3, 0.4) is 0 Å². The van der Waals surface area contributed by atoms with E-state index in [1.54, 1.807) is 0 Å². The number of anilines is 1. The molecule has 0 spiro atoms. The van der Waals surface area contributed by atoms with E-state index >= 15 is 0 Å². The first-order chi connectivity index (χ1) is 14.8. The maximum Gasteiger partial charge on any atom is 0.249 e. The van der Waals surface area contributed by atoms with Gasteiger partial charge in [-0.1, -0.05) is 24.3 Å². The van der Waals surface area contributed by atoms with E-state index in [-0.39, 0.29) is 13.1 Å². The van der Waals surface area contributed by atoms with Crippen LogP contribution in [0.1, 0.15) is 22.4 Å². The number of benzene rings is 2. The summed E-state index contributed by atoms with van der Waals surface area (Å²) in [6, 6.07) is 9.29. The number of halogens is 2. The van der Waals surface area contributed by atoms with Gasteiger partial charge in [0.2, 0.25) is 10.0 Å². The van der Waals surface area contributed by atoms with Crippen molar-refractivity contribution in [3.05, 3.63) is 75.8 Å². The molecule has 0 N–H and O–H groups in total. The molecule has 1 aliphatic rings. The molecular formula is C22H23F2N3O2S2. The Hall–Kier alpha value is -2.36. The first kappa shape index (κ1) is 21.9. The van der Waals surface area contributed by atoms with Crippen molar-refractivity contribution in [2.24, 2.45) is 0 Å². The van der Waals surface area contributed by atoms with Crippen LogP contribution in [0.2, 0.25) is 0 Å². The second kappa shape index (κ2) is 8.64. The van der Waals surface area contributed by atoms with Crippen molar-refractivity contribution in [1.82, 2.24) is 9.29 Å². The Labute approximate surface area is 185 Å². The topological polar surface area (TPSA) is 53.5 Å². The van der Waals surface area contributed by atoms with E-state index in [4.69, 9.17) is 4.98 Å². The molecule has 1 fully saturated rings. The minimum absolute atomic E-state index is 0.141. The first-order valence-electron chi connectivity index (χ1n) is 9.96. The fraction of sp³-hybridized carbons (Fsp3) is 0.318. The van der Waals surface area contributed by atoms with Crippen LogP contribution in [0.4, 0.5) is 13.9 Å². The molecule has 1 aliphatic heterocycles. The normalized spacial score (nSPS) is 15.4. The van der Waals surface area contributed by atoms with Gasteiger partial charge in [-0.3, -0.25) is 0 Å². The molecule has 2 aromatic carbocycles. The number of thiazole rings is 1. The predicted octanol–water partition coefficient (Wildman–Crippen LogP) is 4.14. The lowest BCUT2D eigenvalue weighted by Gasteiger charge is -2.33. The SMILES string of the molecule is Cc1cccc(C)c1Cc1csc(N2CCN(S(=O)(=O)c3c(F)cccc3F)CC2)n1. The van der Waals surface area contributed by atoms with Crippen molar-refractivity contribution < 1.29 is 17.2 Å². The maximum absolute atomic E-state index is 14.0. The van der Waals surface area contributed by atoms with Gasteiger partial charge in [0.1, 0.15) is 11.6 Å². The Kier molecular flexibility index (Phi) is 6.09. The van der Waals surface area contributed by atoms with Gasteiger partial charge >= 0.3 is 0 Å². The number of sulfonamides is 1. The van der Waals surface area contributed by atoms with Crippen molar-refractivity contribution in [3.63, 3.8) is 0 Å². The number of piperazine rings is 1. The highest BCUT2D eigenvalue weighted by Gasteiger charge is 2.33. The monoisotopic (exact) mass is 463 g/mol. The summed E-state index contributed by atoms with van der Waals surface area (Å²) in [5, 5.41) is 2.86. The summed E-state index contributed by atoms with van der Waals surface area (Å²) in [6.07, 6.45) is 0.746. The van der Waals surface area contributed by atoms with Crippen LogP contribution in [-0.4, -0.2) is 43.9 Å². The van der Waals surface area contributed by atoms with E-state index in [0.717, 1.165) is 39.8 Å². The molecule has 0 bridgehead atoms. The zero-order chi connectivity index (χ0) is 22.2. The second-order valence-electron chi connectivity index (χ2n) is 7.61. The first-order valence-corrected chi connectivity index (χ1v) is 12.3. The Balaban J connectivity index is 1.45. The van der Waals surface area contributed by atoms with Crippen LogP contribution in [0.15, 0.2) is 46.7 Å². The summed E-state index contributed by atoms with van der Waals surface area (Å²) in [7, 11) is -4.23. The quantitative estimate of drug-likeness (QED) is 0.571. The van der Waals surface area contributed by atoms with Gasteiger partial charge in [-0.2, -0.15) is 4.31 Å². The molecule has 1 aromatic heterocycles. The number of rotatable bonds is 5. The fourth-order valence-corrected chi connectivity index (χ4v) is 6.22. The largest absolute Gasteiger partial charge is 0.345 e. The molecule has 0 atom stereocenters. The highest BCUT2D eigenvalue weighted by Crippen LogP contribution is 2.28. The smallest absolute Gasteiger partial charge is 0.249 e. The van der Waals surface area contributed by atoms with Gasteiger partial charge in [-0.25, -0.2) is 22.2 Å². The van der Waals surface area contributed by atoms with E-state index < -0.39 is 26.6 Å². The van der Waals surface area contributed by atoms with Gasteiger partial charge in [-0.05, 0) is 42.7 Å². The molecule has 9 heteroatoms. The molecule has 0 amide bonds. The molecule has 5 nitrogen and oxygen atoms in total. The maximum atomic E-state index is 14.0. The molecule has 164 valence electrons. The van der Waals surface area contributed by atoms with Crippen molar-refractivity contribution in [2.75, 3.05) is 31.1 Å². The third-order valence-electron chi connectivity index (χ3n) is 5.57. The number of aromatic nitrogens is 1. The lowest BCUT2D eigenvalue weighted by atomic mass is 9.99. The van der Waals surface area contributed by atoms with E-state index in [9.17, 15) is 17.2 Å². The van der Waals surface area contributed by atoms with E-state index in [1.165, 1.54) is 28.0 Å². The van der Waals surface area contributed by atoms with E-state index in [1.807, 2.05) is 16.3 Å². The van der Waals surface area contributed by atoms with Gasteiger partial charge < -0.3 is 4.90 Å². The lowest BCUT2D eigenvalue weighted by Crippen LogP contribution is -2.49. The lowest BCUT2D eigenvalue weighted by molar-refractivity contribution is 0.378. The molecule has 3 aromatic rings. The fourth-order valence-electron chi connectivity index (χ4n) is 3.81. The van der Waals surface area contributed by atoms with Crippen molar-refractivity contribution in [3.8, 4) is 0 Å². The Bertz CT molecular complexity index is 1160. The zero-order valence-electron chi connectivity index (χ0n) is 17.3. The zero-order valence-corrected chi connectivity index (χ0v) is 18.9. The van der Waals surface area contributed by atoms with Crippen LogP contribution in [-0.2, 0) is 16.4 Å². The van der Waals surface area contributed by atoms with Crippen LogP contribution in [0.5, 0.6) is 0 Å². The van der Waals surface area contributed by atoms with Gasteiger partial charge in [-0.15, -0.1) is 11.3 Å².